The van der Waals surface area contributed by atoms with Gasteiger partial charge in [-0.1, -0.05) is 37.3 Å². The second-order valence-corrected chi connectivity index (χ2v) is 6.61. The van der Waals surface area contributed by atoms with E-state index in [2.05, 4.69) is 57.8 Å². The molecule has 2 unspecified atom stereocenters. The van der Waals surface area contributed by atoms with Crippen molar-refractivity contribution in [3.63, 3.8) is 0 Å². The number of hydrogen-bond acceptors (Lipinski definition) is 5. The van der Waals surface area contributed by atoms with Crippen LogP contribution in [-0.4, -0.2) is 36.1 Å². The van der Waals surface area contributed by atoms with Crippen molar-refractivity contribution in [2.75, 3.05) is 36.5 Å². The first kappa shape index (κ1) is 16.6. The summed E-state index contributed by atoms with van der Waals surface area (Å²) in [5, 5.41) is 6.84. The Balaban J connectivity index is 1.70. The lowest BCUT2D eigenvalue weighted by atomic mass is 9.92. The zero-order chi connectivity index (χ0) is 16.9. The summed E-state index contributed by atoms with van der Waals surface area (Å²) in [5.41, 5.74) is 9.36. The fourth-order valence-electron chi connectivity index (χ4n) is 3.33. The van der Waals surface area contributed by atoms with Crippen molar-refractivity contribution in [1.29, 1.82) is 0 Å². The highest BCUT2D eigenvalue weighted by Gasteiger charge is 2.27. The Labute approximate surface area is 144 Å². The van der Waals surface area contributed by atoms with Crippen molar-refractivity contribution in [1.82, 2.24) is 9.88 Å². The molecule has 24 heavy (non-hydrogen) atoms. The Hall–Kier alpha value is -2.27. The zero-order valence-corrected chi connectivity index (χ0v) is 14.5. The van der Waals surface area contributed by atoms with E-state index in [0.717, 1.165) is 31.0 Å². The van der Waals surface area contributed by atoms with Gasteiger partial charge in [0, 0.05) is 32.4 Å². The molecule has 0 radical (unpaired) electrons. The van der Waals surface area contributed by atoms with Crippen molar-refractivity contribution in [2.24, 2.45) is 5.92 Å². The number of piperidine rings is 1. The van der Waals surface area contributed by atoms with Gasteiger partial charge < -0.3 is 16.4 Å². The van der Waals surface area contributed by atoms with Crippen LogP contribution in [0.4, 0.5) is 17.2 Å². The largest absolute Gasteiger partial charge is 0.386 e. The van der Waals surface area contributed by atoms with E-state index in [1.807, 2.05) is 13.1 Å². The van der Waals surface area contributed by atoms with Gasteiger partial charge in [-0.05, 0) is 30.5 Å². The third kappa shape index (κ3) is 3.79. The van der Waals surface area contributed by atoms with E-state index in [1.165, 1.54) is 12.0 Å². The average Bonchev–Trinajstić information content (AvgIpc) is 2.60. The lowest BCUT2D eigenvalue weighted by Gasteiger charge is -2.38. The van der Waals surface area contributed by atoms with E-state index in [9.17, 15) is 0 Å². The summed E-state index contributed by atoms with van der Waals surface area (Å²) in [7, 11) is 1.91. The minimum absolute atomic E-state index is 0.362. The molecule has 1 aliphatic rings. The number of anilines is 3. The molecule has 128 valence electrons. The van der Waals surface area contributed by atoms with Gasteiger partial charge in [0.25, 0.3) is 0 Å². The van der Waals surface area contributed by atoms with Crippen molar-refractivity contribution in [3.05, 3.63) is 48.2 Å². The van der Waals surface area contributed by atoms with Gasteiger partial charge in [-0.25, -0.2) is 4.98 Å². The van der Waals surface area contributed by atoms with Crippen molar-refractivity contribution in [3.8, 4) is 0 Å². The first-order valence-electron chi connectivity index (χ1n) is 8.62. The van der Waals surface area contributed by atoms with Crippen molar-refractivity contribution in [2.45, 2.75) is 25.9 Å². The number of nitrogens with zero attached hydrogens (tertiary/aromatic N) is 2. The van der Waals surface area contributed by atoms with E-state index < -0.39 is 0 Å². The van der Waals surface area contributed by atoms with Gasteiger partial charge in [0.15, 0.2) is 0 Å². The summed E-state index contributed by atoms with van der Waals surface area (Å²) in [5.74, 6) is 1.15. The maximum absolute atomic E-state index is 6.09. The molecule has 0 spiro atoms. The Morgan fingerprint density at radius 1 is 1.25 bits per heavy atom. The number of hydrogen-bond donors (Lipinski definition) is 3. The summed E-state index contributed by atoms with van der Waals surface area (Å²) >= 11 is 0. The van der Waals surface area contributed by atoms with E-state index in [1.54, 1.807) is 6.20 Å². The predicted molar refractivity (Wildman–Crippen MR) is 101 cm³/mol. The molecule has 0 saturated carbocycles. The van der Waals surface area contributed by atoms with Crippen LogP contribution in [0, 0.1) is 5.92 Å². The summed E-state index contributed by atoms with van der Waals surface area (Å²) in [6.07, 6.45) is 2.91. The number of likely N-dealkylation sites (tertiary alicyclic amines) is 1. The molecule has 2 atom stereocenters. The summed E-state index contributed by atoms with van der Waals surface area (Å²) in [6.45, 7) is 5.44. The monoisotopic (exact) mass is 325 g/mol. The molecule has 1 saturated heterocycles. The summed E-state index contributed by atoms with van der Waals surface area (Å²) < 4.78 is 0. The van der Waals surface area contributed by atoms with E-state index >= 15 is 0 Å². The number of aromatic nitrogens is 1. The smallest absolute Gasteiger partial charge is 0.148 e. The van der Waals surface area contributed by atoms with Crippen LogP contribution in [0.5, 0.6) is 0 Å². The number of nitrogen functional groups attached to an aromatic ring is 1. The molecule has 0 bridgehead atoms. The highest BCUT2D eigenvalue weighted by atomic mass is 15.2. The molecule has 5 nitrogen and oxygen atoms in total. The average molecular weight is 325 g/mol. The second-order valence-electron chi connectivity index (χ2n) is 6.61. The number of benzene rings is 1. The Morgan fingerprint density at radius 3 is 2.79 bits per heavy atom. The predicted octanol–water partition coefficient (Wildman–Crippen LogP) is 3.03. The van der Waals surface area contributed by atoms with E-state index in [4.69, 9.17) is 5.73 Å². The lowest BCUT2D eigenvalue weighted by Crippen LogP contribution is -2.46. The first-order valence-corrected chi connectivity index (χ1v) is 8.62. The fraction of sp³-hybridized carbons (Fsp3) is 0.421. The molecule has 0 aliphatic carbocycles. The Bertz CT molecular complexity index is 658. The number of rotatable bonds is 5. The summed E-state index contributed by atoms with van der Waals surface area (Å²) in [4.78, 5) is 6.74. The van der Waals surface area contributed by atoms with Crippen LogP contribution in [0.2, 0.25) is 0 Å². The van der Waals surface area contributed by atoms with Gasteiger partial charge >= 0.3 is 0 Å². The number of pyridine rings is 1. The molecule has 1 fully saturated rings. The van der Waals surface area contributed by atoms with Gasteiger partial charge in [0.2, 0.25) is 0 Å². The molecular weight excluding hydrogens is 298 g/mol. The number of nitrogens with two attached hydrogens (primary N) is 1. The van der Waals surface area contributed by atoms with Crippen LogP contribution in [0.1, 0.15) is 18.9 Å². The van der Waals surface area contributed by atoms with E-state index in [0.29, 0.717) is 17.8 Å². The van der Waals surface area contributed by atoms with Crippen LogP contribution in [0.15, 0.2) is 42.6 Å². The van der Waals surface area contributed by atoms with Crippen LogP contribution >= 0.6 is 0 Å². The highest BCUT2D eigenvalue weighted by Crippen LogP contribution is 2.30. The fourth-order valence-corrected chi connectivity index (χ4v) is 3.33. The minimum atomic E-state index is 0.362. The van der Waals surface area contributed by atoms with E-state index in [-0.39, 0.29) is 0 Å². The molecule has 3 rings (SSSR count). The third-order valence-electron chi connectivity index (χ3n) is 4.87. The second kappa shape index (κ2) is 7.53. The van der Waals surface area contributed by atoms with Crippen LogP contribution < -0.4 is 16.4 Å². The SMILES string of the molecule is CNc1ccnc(N)c1NC1CN(Cc2ccccc2)CCC1C. The molecule has 1 aromatic heterocycles. The maximum atomic E-state index is 6.09. The van der Waals surface area contributed by atoms with Crippen LogP contribution in [0.3, 0.4) is 0 Å². The van der Waals surface area contributed by atoms with Crippen LogP contribution in [0.25, 0.3) is 0 Å². The lowest BCUT2D eigenvalue weighted by molar-refractivity contribution is 0.170. The third-order valence-corrected chi connectivity index (χ3v) is 4.87. The topological polar surface area (TPSA) is 66.2 Å². The minimum Gasteiger partial charge on any atom is -0.386 e. The molecule has 4 N–H and O–H groups in total. The van der Waals surface area contributed by atoms with Gasteiger partial charge in [0.1, 0.15) is 11.5 Å². The summed E-state index contributed by atoms with van der Waals surface area (Å²) in [6, 6.07) is 13.0. The molecule has 2 aromatic rings. The number of nitrogens with one attached hydrogen (secondary N) is 2. The Morgan fingerprint density at radius 2 is 2.04 bits per heavy atom. The molecule has 5 heteroatoms. The maximum Gasteiger partial charge on any atom is 0.148 e. The van der Waals surface area contributed by atoms with Gasteiger partial charge in [-0.2, -0.15) is 0 Å². The van der Waals surface area contributed by atoms with Gasteiger partial charge in [-0.15, -0.1) is 0 Å². The first-order chi connectivity index (χ1) is 11.7. The molecular formula is C19H27N5. The molecule has 1 aliphatic heterocycles. The van der Waals surface area contributed by atoms with Crippen molar-refractivity contribution < 1.29 is 0 Å². The molecule has 0 amide bonds. The zero-order valence-electron chi connectivity index (χ0n) is 14.5. The Kier molecular flexibility index (Phi) is 5.20. The van der Waals surface area contributed by atoms with Gasteiger partial charge in [0.05, 0.1) is 5.69 Å². The molecule has 1 aromatic carbocycles. The normalized spacial score (nSPS) is 21.4. The highest BCUT2D eigenvalue weighted by molar-refractivity contribution is 5.78. The van der Waals surface area contributed by atoms with Crippen molar-refractivity contribution >= 4 is 17.2 Å². The van der Waals surface area contributed by atoms with Gasteiger partial charge in [-0.3, -0.25) is 4.90 Å². The quantitative estimate of drug-likeness (QED) is 0.788. The standard InChI is InChI=1S/C19H27N5/c1-14-9-11-24(12-15-6-4-3-5-7-15)13-17(14)23-18-16(21-2)8-10-22-19(18)20/h3-8,10,14,17,23H,9,11-13H2,1-2H3,(H3,20,21,22). The van der Waals surface area contributed by atoms with Crippen LogP contribution in [-0.2, 0) is 6.54 Å². The molecule has 2 heterocycles.